The van der Waals surface area contributed by atoms with Crippen LogP contribution in [0.2, 0.25) is 0 Å². The summed E-state index contributed by atoms with van der Waals surface area (Å²) in [7, 11) is 1.85. The third-order valence-corrected chi connectivity index (χ3v) is 2.86. The predicted molar refractivity (Wildman–Crippen MR) is 58.3 cm³/mol. The Kier molecular flexibility index (Phi) is 4.37. The Morgan fingerprint density at radius 3 is 3.21 bits per heavy atom. The zero-order chi connectivity index (χ0) is 10.4. The van der Waals surface area contributed by atoms with Gasteiger partial charge in [-0.2, -0.15) is 0 Å². The van der Waals surface area contributed by atoms with Crippen molar-refractivity contribution in [3.05, 3.63) is 16.8 Å². The molecular weight excluding hydrogens is 220 g/mol. The van der Waals surface area contributed by atoms with Crippen molar-refractivity contribution >= 4 is 29.3 Å². The highest BCUT2D eigenvalue weighted by Gasteiger charge is 2.06. The maximum Gasteiger partial charge on any atom is 0.190 e. The average Bonchev–Trinajstić information content (AvgIpc) is 2.59. The highest BCUT2D eigenvalue weighted by atomic mass is 32.2. The van der Waals surface area contributed by atoms with Gasteiger partial charge in [0.05, 0.1) is 6.04 Å². The van der Waals surface area contributed by atoms with Crippen LogP contribution in [0, 0.1) is 0 Å². The van der Waals surface area contributed by atoms with Crippen LogP contribution in [0.15, 0.2) is 16.6 Å². The lowest BCUT2D eigenvalue weighted by atomic mass is 10.4. The van der Waals surface area contributed by atoms with E-state index in [-0.39, 0.29) is 6.04 Å². The van der Waals surface area contributed by atoms with Gasteiger partial charge in [0.25, 0.3) is 0 Å². The molecule has 1 aromatic rings. The lowest BCUT2D eigenvalue weighted by Gasteiger charge is -2.02. The number of aryl methyl sites for hydroxylation is 1. The van der Waals surface area contributed by atoms with Crippen molar-refractivity contribution in [3.63, 3.8) is 0 Å². The van der Waals surface area contributed by atoms with E-state index in [9.17, 15) is 0 Å². The van der Waals surface area contributed by atoms with E-state index in [1.165, 1.54) is 17.1 Å². The molecule has 0 bridgehead atoms. The van der Waals surface area contributed by atoms with Gasteiger partial charge in [-0.05, 0) is 10.9 Å². The van der Waals surface area contributed by atoms with Crippen LogP contribution in [0.1, 0.15) is 0 Å². The minimum Gasteiger partial charge on any atom is -0.312 e. The first-order valence-electron chi connectivity index (χ1n) is 3.74. The fourth-order valence-corrected chi connectivity index (χ4v) is 1.84. The average molecular weight is 228 g/mol. The van der Waals surface area contributed by atoms with Gasteiger partial charge in [-0.25, -0.2) is 0 Å². The largest absolute Gasteiger partial charge is 0.312 e. The number of aromatic nitrogens is 3. The van der Waals surface area contributed by atoms with Gasteiger partial charge in [-0.1, -0.05) is 29.1 Å². The molecule has 14 heavy (non-hydrogen) atoms. The monoisotopic (exact) mass is 228 g/mol. The number of rotatable bonds is 5. The van der Waals surface area contributed by atoms with Gasteiger partial charge in [-0.15, -0.1) is 10.2 Å². The summed E-state index contributed by atoms with van der Waals surface area (Å²) in [4.78, 5) is 2.70. The molecule has 74 valence electrons. The number of thiocarbonyl (C=S) groups is 1. The minimum absolute atomic E-state index is 0.281. The summed E-state index contributed by atoms with van der Waals surface area (Å²) >= 11 is 6.17. The summed E-state index contributed by atoms with van der Waals surface area (Å²) in [5, 5.41) is 13.3. The molecule has 1 aromatic heterocycles. The van der Waals surface area contributed by atoms with Gasteiger partial charge in [0.1, 0.15) is 6.33 Å². The second-order valence-corrected chi connectivity index (χ2v) is 3.70. The molecule has 0 radical (unpaired) electrons. The van der Waals surface area contributed by atoms with Crippen LogP contribution in [-0.4, -0.2) is 31.9 Å². The van der Waals surface area contributed by atoms with E-state index >= 15 is 0 Å². The summed E-state index contributed by atoms with van der Waals surface area (Å²) < 4.78 is 1.79. The molecular formula is C6H8N6S2. The van der Waals surface area contributed by atoms with Gasteiger partial charge in [0, 0.05) is 17.7 Å². The molecule has 0 aromatic carbocycles. The fraction of sp³-hybridized carbons (Fsp3) is 0.500. The molecule has 0 aliphatic heterocycles. The lowest BCUT2D eigenvalue weighted by Crippen LogP contribution is -2.07. The maximum atomic E-state index is 8.23. The van der Waals surface area contributed by atoms with E-state index in [1.54, 1.807) is 10.9 Å². The van der Waals surface area contributed by atoms with Crippen molar-refractivity contribution in [3.8, 4) is 0 Å². The zero-order valence-corrected chi connectivity index (χ0v) is 9.07. The molecule has 0 saturated heterocycles. The van der Waals surface area contributed by atoms with E-state index in [1.807, 2.05) is 7.05 Å². The summed E-state index contributed by atoms with van der Waals surface area (Å²) in [5.74, 6) is 0.583. The third kappa shape index (κ3) is 2.99. The molecule has 1 unspecified atom stereocenters. The molecule has 1 heterocycles. The molecule has 1 atom stereocenters. The first-order valence-corrected chi connectivity index (χ1v) is 5.20. The molecule has 0 N–H and O–H groups in total. The molecule has 6 nitrogen and oxygen atoms in total. The highest BCUT2D eigenvalue weighted by Crippen LogP contribution is 2.15. The molecule has 0 fully saturated rings. The van der Waals surface area contributed by atoms with Gasteiger partial charge in [-0.3, -0.25) is 0 Å². The number of hydrogen-bond donors (Lipinski definition) is 0. The van der Waals surface area contributed by atoms with Crippen LogP contribution in [0.3, 0.4) is 0 Å². The summed E-state index contributed by atoms with van der Waals surface area (Å²) in [6.07, 6.45) is 1.61. The van der Waals surface area contributed by atoms with Crippen molar-refractivity contribution < 1.29 is 0 Å². The second-order valence-electron chi connectivity index (χ2n) is 2.44. The van der Waals surface area contributed by atoms with Crippen LogP contribution in [0.25, 0.3) is 10.4 Å². The number of hydrogen-bond acceptors (Lipinski definition) is 5. The van der Waals surface area contributed by atoms with Crippen molar-refractivity contribution in [2.24, 2.45) is 12.2 Å². The smallest absolute Gasteiger partial charge is 0.190 e. The van der Waals surface area contributed by atoms with Crippen molar-refractivity contribution in [2.45, 2.75) is 11.2 Å². The van der Waals surface area contributed by atoms with E-state index in [0.717, 1.165) is 5.16 Å². The van der Waals surface area contributed by atoms with Gasteiger partial charge in [0.2, 0.25) is 0 Å². The second kappa shape index (κ2) is 5.58. The Bertz CT molecular complexity index is 355. The van der Waals surface area contributed by atoms with Gasteiger partial charge < -0.3 is 4.57 Å². The van der Waals surface area contributed by atoms with E-state index in [2.05, 4.69) is 20.2 Å². The van der Waals surface area contributed by atoms with Crippen LogP contribution >= 0.6 is 24.0 Å². The molecule has 0 amide bonds. The van der Waals surface area contributed by atoms with Gasteiger partial charge >= 0.3 is 0 Å². The summed E-state index contributed by atoms with van der Waals surface area (Å²) in [6.45, 7) is 0. The van der Waals surface area contributed by atoms with Crippen LogP contribution < -0.4 is 0 Å². The van der Waals surface area contributed by atoms with E-state index < -0.39 is 0 Å². The summed E-state index contributed by atoms with van der Waals surface area (Å²) in [5.41, 5.74) is 8.23. The lowest BCUT2D eigenvalue weighted by molar-refractivity contribution is 0.787. The highest BCUT2D eigenvalue weighted by molar-refractivity contribution is 7.99. The van der Waals surface area contributed by atoms with Crippen molar-refractivity contribution in [1.82, 2.24) is 14.8 Å². The third-order valence-electron chi connectivity index (χ3n) is 1.41. The number of thioether (sulfide) groups is 1. The zero-order valence-electron chi connectivity index (χ0n) is 7.44. The minimum atomic E-state index is -0.281. The summed E-state index contributed by atoms with van der Waals surface area (Å²) in [6, 6.07) is -0.281. The normalized spacial score (nSPS) is 11.8. The fourth-order valence-electron chi connectivity index (χ4n) is 0.729. The maximum absolute atomic E-state index is 8.23. The Morgan fingerprint density at radius 2 is 2.71 bits per heavy atom. The quantitative estimate of drug-likeness (QED) is 0.252. The van der Waals surface area contributed by atoms with Crippen molar-refractivity contribution in [1.29, 1.82) is 0 Å². The molecule has 0 spiro atoms. The molecule has 1 rings (SSSR count). The van der Waals surface area contributed by atoms with Gasteiger partial charge in [0.15, 0.2) is 5.16 Å². The van der Waals surface area contributed by atoms with Crippen LogP contribution in [0.5, 0.6) is 0 Å². The van der Waals surface area contributed by atoms with Crippen LogP contribution in [0.4, 0.5) is 0 Å². The molecule has 0 aliphatic rings. The predicted octanol–water partition coefficient (Wildman–Crippen LogP) is 1.59. The Balaban J connectivity index is 2.51. The Hall–Kier alpha value is -1.11. The first-order chi connectivity index (χ1) is 6.77. The SMILES string of the molecule is Cn1cnnc1SCC(C=S)N=[N+]=[N-]. The topological polar surface area (TPSA) is 79.5 Å². The van der Waals surface area contributed by atoms with Crippen molar-refractivity contribution in [2.75, 3.05) is 5.75 Å². The first kappa shape index (κ1) is 11.0. The molecule has 8 heteroatoms. The number of nitrogens with zero attached hydrogens (tertiary/aromatic N) is 6. The Morgan fingerprint density at radius 1 is 1.93 bits per heavy atom. The number of azide groups is 1. The Labute approximate surface area is 90.3 Å². The molecule has 0 saturated carbocycles. The van der Waals surface area contributed by atoms with E-state index in [4.69, 9.17) is 17.7 Å². The molecule has 0 aliphatic carbocycles. The van der Waals surface area contributed by atoms with Crippen LogP contribution in [-0.2, 0) is 7.05 Å². The van der Waals surface area contributed by atoms with E-state index in [0.29, 0.717) is 5.75 Å². The standard InChI is InChI=1S/C6H8N6S2/c1-12-4-8-10-6(12)14-3-5(2-13)9-11-7/h2,4-5H,3H2,1H3.